The normalized spacial score (nSPS) is 19.6. The molecule has 2 rings (SSSR count). The maximum Gasteiger partial charge on any atom is 0.0931 e. The molecule has 15 heavy (non-hydrogen) atoms. The van der Waals surface area contributed by atoms with Crippen LogP contribution in [0.3, 0.4) is 0 Å². The Morgan fingerprint density at radius 3 is 2.73 bits per heavy atom. The zero-order valence-corrected chi connectivity index (χ0v) is 10.3. The van der Waals surface area contributed by atoms with Crippen molar-refractivity contribution in [3.05, 3.63) is 21.3 Å². The van der Waals surface area contributed by atoms with E-state index in [9.17, 15) is 0 Å². The number of thiophene rings is 1. The predicted molar refractivity (Wildman–Crippen MR) is 66.1 cm³/mol. The summed E-state index contributed by atoms with van der Waals surface area (Å²) in [7, 11) is 0. The smallest absolute Gasteiger partial charge is 0.0931 e. The van der Waals surface area contributed by atoms with Gasteiger partial charge in [-0.1, -0.05) is 24.4 Å². The number of nitrogens with two attached hydrogens (primary N) is 1. The molecule has 0 aliphatic heterocycles. The summed E-state index contributed by atoms with van der Waals surface area (Å²) in [4.78, 5) is 1.33. The Labute approximate surface area is 99.8 Å². The first kappa shape index (κ1) is 11.4. The molecule has 1 atom stereocenters. The van der Waals surface area contributed by atoms with E-state index in [1.165, 1.54) is 30.6 Å². The van der Waals surface area contributed by atoms with Gasteiger partial charge in [0, 0.05) is 10.9 Å². The summed E-state index contributed by atoms with van der Waals surface area (Å²) in [5.74, 6) is 6.38. The van der Waals surface area contributed by atoms with Crippen molar-refractivity contribution >= 4 is 22.9 Å². The quantitative estimate of drug-likeness (QED) is 0.631. The summed E-state index contributed by atoms with van der Waals surface area (Å²) >= 11 is 7.57. The van der Waals surface area contributed by atoms with Gasteiger partial charge < -0.3 is 0 Å². The highest BCUT2D eigenvalue weighted by Gasteiger charge is 2.24. The van der Waals surface area contributed by atoms with E-state index in [0.717, 1.165) is 16.7 Å². The van der Waals surface area contributed by atoms with Gasteiger partial charge in [-0.25, -0.2) is 0 Å². The molecule has 3 N–H and O–H groups in total. The fourth-order valence-electron chi connectivity index (χ4n) is 2.40. The molecule has 4 heteroatoms. The Balaban J connectivity index is 1.95. The summed E-state index contributed by atoms with van der Waals surface area (Å²) in [5.41, 5.74) is 2.97. The zero-order chi connectivity index (χ0) is 10.7. The minimum atomic E-state index is 0.419. The predicted octanol–water partition coefficient (Wildman–Crippen LogP) is 2.97. The molecule has 0 aromatic carbocycles. The average molecular weight is 245 g/mol. The van der Waals surface area contributed by atoms with E-state index >= 15 is 0 Å². The first-order valence-electron chi connectivity index (χ1n) is 5.50. The van der Waals surface area contributed by atoms with E-state index in [0.29, 0.717) is 6.04 Å². The lowest BCUT2D eigenvalue weighted by Gasteiger charge is -2.21. The van der Waals surface area contributed by atoms with Crippen LogP contribution in [0.1, 0.15) is 30.6 Å². The van der Waals surface area contributed by atoms with Gasteiger partial charge in [0.15, 0.2) is 0 Å². The van der Waals surface area contributed by atoms with Crippen molar-refractivity contribution in [3.63, 3.8) is 0 Å². The lowest BCUT2D eigenvalue weighted by atomic mass is 9.95. The Hall–Kier alpha value is -0.0900. The van der Waals surface area contributed by atoms with Crippen LogP contribution in [0.25, 0.3) is 0 Å². The number of hydrazine groups is 1. The van der Waals surface area contributed by atoms with Crippen LogP contribution >= 0.6 is 22.9 Å². The largest absolute Gasteiger partial charge is 0.271 e. The van der Waals surface area contributed by atoms with Crippen molar-refractivity contribution in [2.24, 2.45) is 11.8 Å². The lowest BCUT2D eigenvalue weighted by Crippen LogP contribution is -2.41. The fraction of sp³-hybridized carbons (Fsp3) is 0.636. The highest BCUT2D eigenvalue weighted by atomic mass is 35.5. The summed E-state index contributed by atoms with van der Waals surface area (Å²) in [5, 5.41) is 0. The van der Waals surface area contributed by atoms with Crippen LogP contribution in [0.5, 0.6) is 0 Å². The van der Waals surface area contributed by atoms with Gasteiger partial charge >= 0.3 is 0 Å². The maximum absolute atomic E-state index is 5.91. The van der Waals surface area contributed by atoms with Gasteiger partial charge in [-0.05, 0) is 37.3 Å². The highest BCUT2D eigenvalue weighted by Crippen LogP contribution is 2.30. The molecule has 1 aliphatic carbocycles. The van der Waals surface area contributed by atoms with Crippen molar-refractivity contribution in [1.82, 2.24) is 5.43 Å². The molecular weight excluding hydrogens is 228 g/mol. The molecule has 1 aromatic rings. The van der Waals surface area contributed by atoms with Crippen LogP contribution in [0.15, 0.2) is 12.1 Å². The Bertz CT molecular complexity index is 307. The van der Waals surface area contributed by atoms with Gasteiger partial charge in [0.05, 0.1) is 4.34 Å². The van der Waals surface area contributed by atoms with Crippen LogP contribution in [0.2, 0.25) is 4.34 Å². The van der Waals surface area contributed by atoms with Gasteiger partial charge in [0.2, 0.25) is 0 Å². The summed E-state index contributed by atoms with van der Waals surface area (Å²) in [6.45, 7) is 0. The molecule has 1 aliphatic rings. The number of rotatable bonds is 4. The van der Waals surface area contributed by atoms with Gasteiger partial charge in [0.25, 0.3) is 0 Å². The first-order chi connectivity index (χ1) is 7.29. The Kier molecular flexibility index (Phi) is 4.03. The third kappa shape index (κ3) is 2.94. The lowest BCUT2D eigenvalue weighted by molar-refractivity contribution is 0.363. The van der Waals surface area contributed by atoms with Crippen LogP contribution in [0.4, 0.5) is 0 Å². The van der Waals surface area contributed by atoms with E-state index in [-0.39, 0.29) is 0 Å². The van der Waals surface area contributed by atoms with Crippen LogP contribution in [-0.2, 0) is 6.42 Å². The molecule has 1 heterocycles. The molecule has 1 fully saturated rings. The molecule has 1 saturated carbocycles. The molecule has 0 saturated heterocycles. The second-order valence-corrected chi connectivity index (χ2v) is 6.03. The van der Waals surface area contributed by atoms with E-state index in [1.54, 1.807) is 11.3 Å². The average Bonchev–Trinajstić information content (AvgIpc) is 2.85. The molecule has 0 bridgehead atoms. The zero-order valence-electron chi connectivity index (χ0n) is 8.71. The van der Waals surface area contributed by atoms with Crippen molar-refractivity contribution in [2.75, 3.05) is 0 Å². The number of halogens is 1. The Morgan fingerprint density at radius 1 is 1.47 bits per heavy atom. The molecule has 1 aromatic heterocycles. The van der Waals surface area contributed by atoms with Crippen LogP contribution in [-0.4, -0.2) is 6.04 Å². The standard InChI is InChI=1S/C11H17ClN2S/c12-11-6-5-9(15-11)7-10(14-13)8-3-1-2-4-8/h5-6,8,10,14H,1-4,7,13H2. The minimum Gasteiger partial charge on any atom is -0.271 e. The molecule has 84 valence electrons. The van der Waals surface area contributed by atoms with Crippen molar-refractivity contribution in [1.29, 1.82) is 0 Å². The molecule has 0 amide bonds. The van der Waals surface area contributed by atoms with Gasteiger partial charge in [-0.3, -0.25) is 11.3 Å². The number of hydrogen-bond acceptors (Lipinski definition) is 3. The highest BCUT2D eigenvalue weighted by molar-refractivity contribution is 7.16. The Morgan fingerprint density at radius 2 is 2.20 bits per heavy atom. The van der Waals surface area contributed by atoms with Gasteiger partial charge in [-0.15, -0.1) is 11.3 Å². The summed E-state index contributed by atoms with van der Waals surface area (Å²) in [6, 6.07) is 4.48. The number of hydrogen-bond donors (Lipinski definition) is 2. The summed E-state index contributed by atoms with van der Waals surface area (Å²) in [6.07, 6.45) is 6.35. The van der Waals surface area contributed by atoms with Crippen LogP contribution in [0, 0.1) is 5.92 Å². The van der Waals surface area contributed by atoms with Gasteiger partial charge in [-0.2, -0.15) is 0 Å². The van der Waals surface area contributed by atoms with E-state index in [1.807, 2.05) is 6.07 Å². The first-order valence-corrected chi connectivity index (χ1v) is 6.69. The molecule has 0 radical (unpaired) electrons. The molecular formula is C11H17ClN2S. The van der Waals surface area contributed by atoms with E-state index in [2.05, 4.69) is 11.5 Å². The molecule has 2 nitrogen and oxygen atoms in total. The van der Waals surface area contributed by atoms with Crippen molar-refractivity contribution in [3.8, 4) is 0 Å². The molecule has 0 spiro atoms. The maximum atomic E-state index is 5.91. The number of nitrogens with one attached hydrogen (secondary N) is 1. The van der Waals surface area contributed by atoms with Gasteiger partial charge in [0.1, 0.15) is 0 Å². The second-order valence-electron chi connectivity index (χ2n) is 4.23. The third-order valence-corrected chi connectivity index (χ3v) is 4.49. The van der Waals surface area contributed by atoms with Crippen molar-refractivity contribution in [2.45, 2.75) is 38.1 Å². The van der Waals surface area contributed by atoms with Crippen LogP contribution < -0.4 is 11.3 Å². The monoisotopic (exact) mass is 244 g/mol. The van der Waals surface area contributed by atoms with E-state index < -0.39 is 0 Å². The fourth-order valence-corrected chi connectivity index (χ4v) is 3.55. The topological polar surface area (TPSA) is 38.0 Å². The molecule has 1 unspecified atom stereocenters. The second kappa shape index (κ2) is 5.30. The van der Waals surface area contributed by atoms with E-state index in [4.69, 9.17) is 17.4 Å². The SMILES string of the molecule is NNC(Cc1ccc(Cl)s1)C1CCCC1. The minimum absolute atomic E-state index is 0.419. The summed E-state index contributed by atoms with van der Waals surface area (Å²) < 4.78 is 0.868. The third-order valence-electron chi connectivity index (χ3n) is 3.23. The van der Waals surface area contributed by atoms with Crippen molar-refractivity contribution < 1.29 is 0 Å².